The van der Waals surface area contributed by atoms with Crippen molar-refractivity contribution in [3.63, 3.8) is 0 Å². The third-order valence-electron chi connectivity index (χ3n) is 4.20. The molecule has 1 aliphatic carbocycles. The van der Waals surface area contributed by atoms with Gasteiger partial charge in [0.1, 0.15) is 0 Å². The minimum Gasteiger partial charge on any atom is -0.228 e. The Hall–Kier alpha value is -0.710. The van der Waals surface area contributed by atoms with Crippen molar-refractivity contribution >= 4 is 11.2 Å². The summed E-state index contributed by atoms with van der Waals surface area (Å²) in [4.78, 5) is 0. The number of nitrogens with one attached hydrogen (secondary N) is 2. The summed E-state index contributed by atoms with van der Waals surface area (Å²) in [5, 5.41) is 0. The van der Waals surface area contributed by atoms with E-state index in [1.54, 1.807) is 7.05 Å². The van der Waals surface area contributed by atoms with Crippen LogP contribution in [0.15, 0.2) is 36.0 Å². The van der Waals surface area contributed by atoms with E-state index in [9.17, 15) is 4.21 Å². The number of rotatable bonds is 8. The van der Waals surface area contributed by atoms with Gasteiger partial charge in [0.25, 0.3) is 0 Å². The highest BCUT2D eigenvalue weighted by molar-refractivity contribution is 7.80. The van der Waals surface area contributed by atoms with Gasteiger partial charge in [-0.2, -0.15) is 0 Å². The number of hydrogen-bond donors (Lipinski definition) is 2. The molecular formula is C21H42N2OS. The molecule has 0 bridgehead atoms. The van der Waals surface area contributed by atoms with Gasteiger partial charge in [-0.25, -0.2) is 13.7 Å². The van der Waals surface area contributed by atoms with Gasteiger partial charge in [-0.15, -0.1) is 0 Å². The summed E-state index contributed by atoms with van der Waals surface area (Å²) in [6, 6.07) is 0. The molecule has 25 heavy (non-hydrogen) atoms. The van der Waals surface area contributed by atoms with Crippen LogP contribution in [0.3, 0.4) is 0 Å². The quantitative estimate of drug-likeness (QED) is 0.529. The average Bonchev–Trinajstić information content (AvgIpc) is 2.66. The fourth-order valence-corrected chi connectivity index (χ4v) is 3.17. The highest BCUT2D eigenvalue weighted by Crippen LogP contribution is 2.33. The van der Waals surface area contributed by atoms with Crippen LogP contribution < -0.4 is 9.44 Å². The molecule has 1 aliphatic rings. The summed E-state index contributed by atoms with van der Waals surface area (Å²) >= 11 is -1.14. The summed E-state index contributed by atoms with van der Waals surface area (Å²) in [6.07, 6.45) is 12.7. The van der Waals surface area contributed by atoms with E-state index < -0.39 is 11.2 Å². The molecule has 4 heteroatoms. The Kier molecular flexibility index (Phi) is 19.2. The molecule has 1 fully saturated rings. The summed E-state index contributed by atoms with van der Waals surface area (Å²) in [7, 11) is 1.67. The Labute approximate surface area is 160 Å². The van der Waals surface area contributed by atoms with Crippen LogP contribution in [0.1, 0.15) is 73.6 Å². The van der Waals surface area contributed by atoms with Crippen molar-refractivity contribution in [1.29, 1.82) is 0 Å². The fourth-order valence-electron chi connectivity index (χ4n) is 2.74. The molecule has 0 aromatic carbocycles. The Balaban J connectivity index is 0. The molecule has 0 heterocycles. The molecule has 0 aliphatic heterocycles. The molecular weight excluding hydrogens is 328 g/mol. The molecule has 3 nitrogen and oxygen atoms in total. The van der Waals surface area contributed by atoms with Gasteiger partial charge in [0.05, 0.1) is 0 Å². The molecule has 1 saturated carbocycles. The Morgan fingerprint density at radius 3 is 2.16 bits per heavy atom. The topological polar surface area (TPSA) is 41.1 Å². The molecule has 0 amide bonds. The maximum Gasteiger partial charge on any atom is 0.166 e. The van der Waals surface area contributed by atoms with Crippen LogP contribution in [0.25, 0.3) is 0 Å². The minimum atomic E-state index is -1.14. The predicted octanol–water partition coefficient (Wildman–Crippen LogP) is 5.70. The monoisotopic (exact) mass is 370 g/mol. The normalized spacial score (nSPS) is 21.6. The SMILES string of the molecule is C=C(/C=C\C(=C/C)C1CCC(C)CC1)CCNS(=O)NC.CC.CC. The summed E-state index contributed by atoms with van der Waals surface area (Å²) in [5.41, 5.74) is 2.51. The third kappa shape index (κ3) is 13.2. The van der Waals surface area contributed by atoms with Crippen molar-refractivity contribution in [2.24, 2.45) is 11.8 Å². The smallest absolute Gasteiger partial charge is 0.166 e. The fraction of sp³-hybridized carbons (Fsp3) is 0.714. The standard InChI is InChI=1S/C17H30N2OS.2C2H6/c1-5-16(17-10-7-14(2)8-11-17)9-6-15(3)12-13-19-21(20)18-4;2*1-2/h5-6,9,14,17-19H,3,7-8,10-13H2,1-2,4H3;2*1-2H3/b9-6-,16-5+;;. The van der Waals surface area contributed by atoms with E-state index in [4.69, 9.17) is 0 Å². The van der Waals surface area contributed by atoms with Gasteiger partial charge >= 0.3 is 0 Å². The van der Waals surface area contributed by atoms with Gasteiger partial charge in [0, 0.05) is 6.54 Å². The Bertz CT molecular complexity index is 408. The first-order valence-corrected chi connectivity index (χ1v) is 11.1. The van der Waals surface area contributed by atoms with E-state index in [2.05, 4.69) is 48.1 Å². The Morgan fingerprint density at radius 1 is 1.12 bits per heavy atom. The second kappa shape index (κ2) is 18.1. The molecule has 2 N–H and O–H groups in total. The lowest BCUT2D eigenvalue weighted by atomic mass is 9.79. The lowest BCUT2D eigenvalue weighted by Crippen LogP contribution is -2.28. The first-order chi connectivity index (χ1) is 12.1. The third-order valence-corrected chi connectivity index (χ3v) is 5.03. The van der Waals surface area contributed by atoms with Crippen LogP contribution in [0.2, 0.25) is 0 Å². The van der Waals surface area contributed by atoms with Crippen molar-refractivity contribution < 1.29 is 4.21 Å². The van der Waals surface area contributed by atoms with Gasteiger partial charge in [0.15, 0.2) is 11.2 Å². The van der Waals surface area contributed by atoms with Crippen LogP contribution in [0.4, 0.5) is 0 Å². The van der Waals surface area contributed by atoms with E-state index >= 15 is 0 Å². The molecule has 1 unspecified atom stereocenters. The average molecular weight is 371 g/mol. The van der Waals surface area contributed by atoms with Crippen LogP contribution in [0.5, 0.6) is 0 Å². The van der Waals surface area contributed by atoms with Crippen LogP contribution in [-0.4, -0.2) is 17.8 Å². The van der Waals surface area contributed by atoms with E-state index in [0.29, 0.717) is 12.5 Å². The lowest BCUT2D eigenvalue weighted by molar-refractivity contribution is 0.323. The highest BCUT2D eigenvalue weighted by Gasteiger charge is 2.19. The van der Waals surface area contributed by atoms with Crippen LogP contribution in [0, 0.1) is 11.8 Å². The lowest BCUT2D eigenvalue weighted by Gasteiger charge is -2.27. The van der Waals surface area contributed by atoms with Gasteiger partial charge in [-0.05, 0) is 50.6 Å². The van der Waals surface area contributed by atoms with Crippen molar-refractivity contribution in [2.75, 3.05) is 13.6 Å². The molecule has 148 valence electrons. The summed E-state index contributed by atoms with van der Waals surface area (Å²) in [6.45, 7) is 17.2. The summed E-state index contributed by atoms with van der Waals surface area (Å²) < 4.78 is 16.7. The van der Waals surface area contributed by atoms with Gasteiger partial charge in [-0.1, -0.05) is 77.8 Å². The maximum atomic E-state index is 11.2. The number of hydrogen-bond acceptors (Lipinski definition) is 1. The van der Waals surface area contributed by atoms with Crippen molar-refractivity contribution in [1.82, 2.24) is 9.44 Å². The van der Waals surface area contributed by atoms with Crippen LogP contribution >= 0.6 is 0 Å². The van der Waals surface area contributed by atoms with E-state index in [1.807, 2.05) is 27.7 Å². The first kappa shape index (κ1) is 26.5. The predicted molar refractivity (Wildman–Crippen MR) is 116 cm³/mol. The first-order valence-electron chi connectivity index (χ1n) is 9.91. The molecule has 1 rings (SSSR count). The zero-order valence-electron chi connectivity index (χ0n) is 17.7. The second-order valence-electron chi connectivity index (χ2n) is 5.85. The van der Waals surface area contributed by atoms with Gasteiger partial charge in [0.2, 0.25) is 0 Å². The second-order valence-corrected chi connectivity index (χ2v) is 7.09. The highest BCUT2D eigenvalue weighted by atomic mass is 32.2. The molecule has 0 saturated heterocycles. The molecule has 1 atom stereocenters. The molecule has 0 radical (unpaired) electrons. The molecule has 0 spiro atoms. The zero-order valence-corrected chi connectivity index (χ0v) is 18.5. The molecule has 0 aromatic heterocycles. The van der Waals surface area contributed by atoms with Crippen molar-refractivity contribution in [3.05, 3.63) is 36.0 Å². The maximum absolute atomic E-state index is 11.2. The van der Waals surface area contributed by atoms with Crippen molar-refractivity contribution in [2.45, 2.75) is 73.6 Å². The van der Waals surface area contributed by atoms with Crippen LogP contribution in [-0.2, 0) is 11.2 Å². The summed E-state index contributed by atoms with van der Waals surface area (Å²) in [5.74, 6) is 1.60. The molecule has 0 aromatic rings. The largest absolute Gasteiger partial charge is 0.228 e. The van der Waals surface area contributed by atoms with Gasteiger partial charge < -0.3 is 0 Å². The Morgan fingerprint density at radius 2 is 1.68 bits per heavy atom. The van der Waals surface area contributed by atoms with Gasteiger partial charge in [-0.3, -0.25) is 0 Å². The zero-order chi connectivity index (χ0) is 19.7. The number of allylic oxidation sites excluding steroid dienone is 4. The van der Waals surface area contributed by atoms with Crippen molar-refractivity contribution in [3.8, 4) is 0 Å². The van der Waals surface area contributed by atoms with E-state index in [1.165, 1.54) is 31.3 Å². The van der Waals surface area contributed by atoms with E-state index in [0.717, 1.165) is 17.9 Å². The minimum absolute atomic E-state index is 0.669. The van der Waals surface area contributed by atoms with E-state index in [-0.39, 0.29) is 0 Å².